The highest BCUT2D eigenvalue weighted by molar-refractivity contribution is 7.15. The molecule has 0 aliphatic heterocycles. The molecule has 92 valence electrons. The molecule has 0 aromatic carbocycles. The second-order valence-corrected chi connectivity index (χ2v) is 4.42. The Morgan fingerprint density at radius 2 is 2.44 bits per heavy atom. The van der Waals surface area contributed by atoms with Gasteiger partial charge in [0.1, 0.15) is 5.69 Å². The molecule has 0 bridgehead atoms. The normalized spacial score (nSPS) is 10.9. The number of carbonyl (C=O) groups excluding carboxylic acids is 1. The fourth-order valence-corrected chi connectivity index (χ4v) is 2.45. The second-order valence-electron chi connectivity index (χ2n) is 3.55. The van der Waals surface area contributed by atoms with Gasteiger partial charge in [0.25, 0.3) is 0 Å². The monoisotopic (exact) mass is 262 g/mol. The lowest BCUT2D eigenvalue weighted by Crippen LogP contribution is -2.00. The van der Waals surface area contributed by atoms with E-state index in [1.807, 2.05) is 18.5 Å². The van der Waals surface area contributed by atoms with Crippen molar-refractivity contribution < 1.29 is 9.53 Å². The van der Waals surface area contributed by atoms with Crippen LogP contribution in [0.5, 0.6) is 5.75 Å². The van der Waals surface area contributed by atoms with Crippen molar-refractivity contribution in [3.8, 4) is 11.6 Å². The standard InChI is InChI=1S/C11H10N4O2S/c1-2-17-8-5-12-15(6-8)10-9(7-16)14-3-4-18-11(14)13-10/h3-7H,2H2,1H3. The highest BCUT2D eigenvalue weighted by Gasteiger charge is 2.15. The zero-order valence-corrected chi connectivity index (χ0v) is 10.4. The fraction of sp³-hybridized carbons (Fsp3) is 0.182. The van der Waals surface area contributed by atoms with Crippen LogP contribution in [0.2, 0.25) is 0 Å². The van der Waals surface area contributed by atoms with Crippen molar-refractivity contribution in [2.75, 3.05) is 6.61 Å². The first-order valence-corrected chi connectivity index (χ1v) is 6.30. The zero-order chi connectivity index (χ0) is 12.5. The summed E-state index contributed by atoms with van der Waals surface area (Å²) in [6.07, 6.45) is 5.91. The van der Waals surface area contributed by atoms with E-state index in [0.717, 1.165) is 11.2 Å². The minimum absolute atomic E-state index is 0.484. The topological polar surface area (TPSA) is 61.4 Å². The van der Waals surface area contributed by atoms with Gasteiger partial charge in [0, 0.05) is 11.6 Å². The number of imidazole rings is 1. The van der Waals surface area contributed by atoms with E-state index in [9.17, 15) is 4.79 Å². The van der Waals surface area contributed by atoms with Crippen LogP contribution in [0.25, 0.3) is 10.8 Å². The number of aldehydes is 1. The third-order valence-electron chi connectivity index (χ3n) is 2.48. The molecular weight excluding hydrogens is 252 g/mol. The summed E-state index contributed by atoms with van der Waals surface area (Å²) in [4.78, 5) is 16.3. The van der Waals surface area contributed by atoms with E-state index in [-0.39, 0.29) is 0 Å². The SMILES string of the molecule is CCOc1cnn(-c2nc3sccn3c2C=O)c1. The quantitative estimate of drug-likeness (QED) is 0.672. The molecule has 0 radical (unpaired) electrons. The Morgan fingerprint density at radius 1 is 1.56 bits per heavy atom. The molecule has 6 nitrogen and oxygen atoms in total. The predicted molar refractivity (Wildman–Crippen MR) is 66.7 cm³/mol. The van der Waals surface area contributed by atoms with Crippen LogP contribution in [-0.2, 0) is 0 Å². The zero-order valence-electron chi connectivity index (χ0n) is 9.61. The molecule has 0 unspecified atom stereocenters. The van der Waals surface area contributed by atoms with E-state index in [0.29, 0.717) is 23.9 Å². The van der Waals surface area contributed by atoms with Crippen molar-refractivity contribution in [3.63, 3.8) is 0 Å². The Kier molecular flexibility index (Phi) is 2.60. The Hall–Kier alpha value is -2.15. The van der Waals surface area contributed by atoms with Gasteiger partial charge in [0.15, 0.2) is 22.8 Å². The molecule has 0 spiro atoms. The number of fused-ring (bicyclic) bond motifs is 1. The van der Waals surface area contributed by atoms with Crippen molar-refractivity contribution in [1.29, 1.82) is 0 Å². The number of carbonyl (C=O) groups is 1. The molecule has 0 fully saturated rings. The van der Waals surface area contributed by atoms with E-state index in [1.54, 1.807) is 21.5 Å². The minimum Gasteiger partial charge on any atom is -0.491 e. The molecule has 3 heterocycles. The average Bonchev–Trinajstić information content (AvgIpc) is 3.01. The van der Waals surface area contributed by atoms with Crippen LogP contribution < -0.4 is 4.74 Å². The molecule has 3 rings (SSSR count). The lowest BCUT2D eigenvalue weighted by atomic mass is 10.4. The van der Waals surface area contributed by atoms with Crippen LogP contribution in [0.4, 0.5) is 0 Å². The summed E-state index contributed by atoms with van der Waals surface area (Å²) in [6.45, 7) is 2.48. The van der Waals surface area contributed by atoms with E-state index in [2.05, 4.69) is 10.1 Å². The van der Waals surface area contributed by atoms with Gasteiger partial charge in [-0.05, 0) is 6.92 Å². The Labute approximate surface area is 106 Å². The van der Waals surface area contributed by atoms with Gasteiger partial charge in [-0.2, -0.15) is 10.1 Å². The van der Waals surface area contributed by atoms with Crippen LogP contribution >= 0.6 is 11.3 Å². The molecule has 0 saturated carbocycles. The van der Waals surface area contributed by atoms with E-state index >= 15 is 0 Å². The van der Waals surface area contributed by atoms with Gasteiger partial charge >= 0.3 is 0 Å². The van der Waals surface area contributed by atoms with Crippen LogP contribution in [0, 0.1) is 0 Å². The number of hydrogen-bond acceptors (Lipinski definition) is 5. The number of nitrogens with zero attached hydrogens (tertiary/aromatic N) is 4. The third-order valence-corrected chi connectivity index (χ3v) is 3.23. The lowest BCUT2D eigenvalue weighted by molar-refractivity contribution is 0.111. The van der Waals surface area contributed by atoms with E-state index < -0.39 is 0 Å². The number of rotatable bonds is 4. The molecule has 7 heteroatoms. The number of ether oxygens (including phenoxy) is 1. The molecule has 0 amide bonds. The van der Waals surface area contributed by atoms with Gasteiger partial charge < -0.3 is 4.74 Å². The van der Waals surface area contributed by atoms with E-state index in [1.165, 1.54) is 11.3 Å². The number of hydrogen-bond donors (Lipinski definition) is 0. The predicted octanol–water partition coefficient (Wildman–Crippen LogP) is 1.79. The first-order chi connectivity index (χ1) is 8.83. The van der Waals surface area contributed by atoms with Crippen LogP contribution in [0.15, 0.2) is 24.0 Å². The maximum Gasteiger partial charge on any atom is 0.196 e. The Morgan fingerprint density at radius 3 is 3.22 bits per heavy atom. The van der Waals surface area contributed by atoms with Gasteiger partial charge in [0.2, 0.25) is 0 Å². The first-order valence-electron chi connectivity index (χ1n) is 5.42. The summed E-state index contributed by atoms with van der Waals surface area (Å²) < 4.78 is 8.63. The van der Waals surface area contributed by atoms with Crippen molar-refractivity contribution in [2.45, 2.75) is 6.92 Å². The summed E-state index contributed by atoms with van der Waals surface area (Å²) in [5, 5.41) is 6.03. The van der Waals surface area contributed by atoms with Gasteiger partial charge in [-0.1, -0.05) is 0 Å². The average molecular weight is 262 g/mol. The van der Waals surface area contributed by atoms with Crippen molar-refractivity contribution >= 4 is 22.6 Å². The maximum atomic E-state index is 11.2. The Balaban J connectivity index is 2.11. The molecule has 0 saturated heterocycles. The van der Waals surface area contributed by atoms with Gasteiger partial charge in [-0.3, -0.25) is 9.20 Å². The van der Waals surface area contributed by atoms with Crippen LogP contribution in [0.1, 0.15) is 17.4 Å². The fourth-order valence-electron chi connectivity index (χ4n) is 1.73. The van der Waals surface area contributed by atoms with Gasteiger partial charge in [0.05, 0.1) is 19.0 Å². The molecule has 0 atom stereocenters. The highest BCUT2D eigenvalue weighted by Crippen LogP contribution is 2.20. The molecule has 3 aromatic heterocycles. The van der Waals surface area contributed by atoms with E-state index in [4.69, 9.17) is 4.74 Å². The van der Waals surface area contributed by atoms with Crippen molar-refractivity contribution in [3.05, 3.63) is 29.7 Å². The third kappa shape index (κ3) is 1.60. The maximum absolute atomic E-state index is 11.2. The smallest absolute Gasteiger partial charge is 0.196 e. The van der Waals surface area contributed by atoms with Gasteiger partial charge in [-0.15, -0.1) is 11.3 Å². The summed E-state index contributed by atoms with van der Waals surface area (Å²) in [6, 6.07) is 0. The minimum atomic E-state index is 0.484. The molecule has 0 aliphatic rings. The Bertz CT molecular complexity index is 697. The summed E-state index contributed by atoms with van der Waals surface area (Å²) >= 11 is 1.47. The molecule has 3 aromatic rings. The summed E-state index contributed by atoms with van der Waals surface area (Å²) in [5.41, 5.74) is 0.484. The number of thiazole rings is 1. The second kappa shape index (κ2) is 4.26. The summed E-state index contributed by atoms with van der Waals surface area (Å²) in [5.74, 6) is 1.17. The summed E-state index contributed by atoms with van der Waals surface area (Å²) in [7, 11) is 0. The largest absolute Gasteiger partial charge is 0.491 e. The first kappa shape index (κ1) is 11.0. The highest BCUT2D eigenvalue weighted by atomic mass is 32.1. The molecular formula is C11H10N4O2S. The van der Waals surface area contributed by atoms with Crippen LogP contribution in [0.3, 0.4) is 0 Å². The lowest BCUT2D eigenvalue weighted by Gasteiger charge is -1.97. The number of aromatic nitrogens is 4. The van der Waals surface area contributed by atoms with Crippen molar-refractivity contribution in [2.24, 2.45) is 0 Å². The van der Waals surface area contributed by atoms with Crippen molar-refractivity contribution in [1.82, 2.24) is 19.2 Å². The molecule has 0 aliphatic carbocycles. The molecule has 18 heavy (non-hydrogen) atoms. The van der Waals surface area contributed by atoms with Crippen LogP contribution in [-0.4, -0.2) is 32.1 Å². The van der Waals surface area contributed by atoms with Gasteiger partial charge in [-0.25, -0.2) is 4.68 Å². The molecule has 0 N–H and O–H groups in total.